The van der Waals surface area contributed by atoms with E-state index in [2.05, 4.69) is 24.5 Å². The molecule has 0 spiro atoms. The van der Waals surface area contributed by atoms with Gasteiger partial charge in [0, 0.05) is 37.2 Å². The zero-order chi connectivity index (χ0) is 25.1. The van der Waals surface area contributed by atoms with Crippen LogP contribution in [0.1, 0.15) is 49.0 Å². The van der Waals surface area contributed by atoms with Gasteiger partial charge in [0.25, 0.3) is 5.91 Å². The van der Waals surface area contributed by atoms with Gasteiger partial charge in [-0.3, -0.25) is 19.2 Å². The maximum atomic E-state index is 13.1. The Morgan fingerprint density at radius 3 is 2.49 bits per heavy atom. The number of carbonyl (C=O) groups excluding carboxylic acids is 4. The van der Waals surface area contributed by atoms with E-state index in [-0.39, 0.29) is 43.0 Å². The molecule has 1 saturated heterocycles. The topological polar surface area (TPSA) is 98.8 Å². The fraction of sp³-hybridized carbons (Fsp3) is 0.407. The molecule has 2 N–H and O–H groups in total. The lowest BCUT2D eigenvalue weighted by molar-refractivity contribution is -0.124. The first kappa shape index (κ1) is 24.4. The van der Waals surface area contributed by atoms with Crippen molar-refractivity contribution in [2.75, 3.05) is 35.2 Å². The summed E-state index contributed by atoms with van der Waals surface area (Å²) in [5.74, 6) is 0.00951. The first-order valence-corrected chi connectivity index (χ1v) is 12.1. The number of rotatable bonds is 5. The van der Waals surface area contributed by atoms with Crippen LogP contribution < -0.4 is 15.5 Å². The van der Waals surface area contributed by atoms with Crippen LogP contribution in [0.5, 0.6) is 0 Å². The maximum absolute atomic E-state index is 13.1. The van der Waals surface area contributed by atoms with Gasteiger partial charge in [0.2, 0.25) is 17.7 Å². The minimum atomic E-state index is -0.319. The molecular weight excluding hydrogens is 444 g/mol. The van der Waals surface area contributed by atoms with E-state index in [0.29, 0.717) is 34.5 Å². The molecular formula is C27H32N4O4. The van der Waals surface area contributed by atoms with Gasteiger partial charge in [0.05, 0.1) is 11.4 Å². The Bertz CT molecular complexity index is 1150. The molecule has 2 aliphatic heterocycles. The smallest absolute Gasteiger partial charge is 0.253 e. The van der Waals surface area contributed by atoms with Crippen molar-refractivity contribution in [2.45, 2.75) is 40.0 Å². The minimum Gasteiger partial charge on any atom is -0.338 e. The van der Waals surface area contributed by atoms with E-state index >= 15 is 0 Å². The van der Waals surface area contributed by atoms with Crippen LogP contribution in [0.15, 0.2) is 42.5 Å². The predicted molar refractivity (Wildman–Crippen MR) is 135 cm³/mol. The molecule has 0 radical (unpaired) electrons. The second kappa shape index (κ2) is 10.3. The van der Waals surface area contributed by atoms with E-state index in [9.17, 15) is 19.2 Å². The van der Waals surface area contributed by atoms with Crippen LogP contribution in [0.4, 0.5) is 17.1 Å². The molecule has 2 heterocycles. The molecule has 0 bridgehead atoms. The Labute approximate surface area is 205 Å². The molecule has 2 aromatic carbocycles. The Balaban J connectivity index is 1.38. The standard InChI is InChI=1S/C27H32N4O4/c1-17-12-18(2)15-30(14-17)27(35)20-9-8-19(3)22(13-20)29-24(32)10-11-26(34)31-16-25(33)28-21-6-4-5-7-23(21)31/h4-9,13,17-18H,10-12,14-16H2,1-3H3,(H,28,33)(H,29,32). The lowest BCUT2D eigenvalue weighted by Crippen LogP contribution is -2.42. The molecule has 4 rings (SSSR count). The van der Waals surface area contributed by atoms with Crippen LogP contribution >= 0.6 is 0 Å². The molecule has 184 valence electrons. The zero-order valence-corrected chi connectivity index (χ0v) is 20.5. The average Bonchev–Trinajstić information content (AvgIpc) is 2.82. The van der Waals surface area contributed by atoms with Gasteiger partial charge in [-0.25, -0.2) is 0 Å². The number of benzene rings is 2. The van der Waals surface area contributed by atoms with Gasteiger partial charge < -0.3 is 20.4 Å². The highest BCUT2D eigenvalue weighted by atomic mass is 16.2. The van der Waals surface area contributed by atoms with Gasteiger partial charge in [-0.2, -0.15) is 0 Å². The Kier molecular flexibility index (Phi) is 7.19. The number of hydrogen-bond donors (Lipinski definition) is 2. The zero-order valence-electron chi connectivity index (χ0n) is 20.5. The van der Waals surface area contributed by atoms with Crippen molar-refractivity contribution in [1.82, 2.24) is 4.90 Å². The van der Waals surface area contributed by atoms with E-state index in [1.165, 1.54) is 4.90 Å². The van der Waals surface area contributed by atoms with Crippen LogP contribution in [0.25, 0.3) is 0 Å². The number of hydrogen-bond acceptors (Lipinski definition) is 4. The highest BCUT2D eigenvalue weighted by Gasteiger charge is 2.28. The summed E-state index contributed by atoms with van der Waals surface area (Å²) >= 11 is 0. The van der Waals surface area contributed by atoms with E-state index < -0.39 is 0 Å². The molecule has 0 aliphatic carbocycles. The van der Waals surface area contributed by atoms with Crippen LogP contribution in [-0.2, 0) is 14.4 Å². The summed E-state index contributed by atoms with van der Waals surface area (Å²) in [5, 5.41) is 5.60. The molecule has 2 aliphatic rings. The largest absolute Gasteiger partial charge is 0.338 e. The normalized spacial score (nSPS) is 19.6. The van der Waals surface area contributed by atoms with Gasteiger partial charge in [0.1, 0.15) is 6.54 Å². The monoisotopic (exact) mass is 476 g/mol. The molecule has 35 heavy (non-hydrogen) atoms. The average molecular weight is 477 g/mol. The molecule has 2 aromatic rings. The van der Waals surface area contributed by atoms with Crippen molar-refractivity contribution in [3.05, 3.63) is 53.6 Å². The molecule has 0 saturated carbocycles. The third-order valence-corrected chi connectivity index (χ3v) is 6.55. The Morgan fingerprint density at radius 1 is 1.03 bits per heavy atom. The number of carbonyl (C=O) groups is 4. The third kappa shape index (κ3) is 5.70. The number of piperidine rings is 1. The first-order chi connectivity index (χ1) is 16.7. The summed E-state index contributed by atoms with van der Waals surface area (Å²) in [6.45, 7) is 7.58. The first-order valence-electron chi connectivity index (χ1n) is 12.1. The Morgan fingerprint density at radius 2 is 1.74 bits per heavy atom. The summed E-state index contributed by atoms with van der Waals surface area (Å²) in [4.78, 5) is 53.9. The quantitative estimate of drug-likeness (QED) is 0.685. The van der Waals surface area contributed by atoms with E-state index in [1.54, 1.807) is 36.4 Å². The van der Waals surface area contributed by atoms with E-state index in [4.69, 9.17) is 0 Å². The predicted octanol–water partition coefficient (Wildman–Crippen LogP) is 3.82. The summed E-state index contributed by atoms with van der Waals surface area (Å²) in [7, 11) is 0. The number of nitrogens with zero attached hydrogens (tertiary/aromatic N) is 2. The molecule has 2 atom stereocenters. The van der Waals surface area contributed by atoms with Crippen molar-refractivity contribution in [3.63, 3.8) is 0 Å². The van der Waals surface area contributed by atoms with Crippen molar-refractivity contribution < 1.29 is 19.2 Å². The van der Waals surface area contributed by atoms with Crippen molar-refractivity contribution in [3.8, 4) is 0 Å². The van der Waals surface area contributed by atoms with Crippen molar-refractivity contribution in [2.24, 2.45) is 11.8 Å². The number of amides is 4. The number of likely N-dealkylation sites (tertiary alicyclic amines) is 1. The molecule has 8 nitrogen and oxygen atoms in total. The van der Waals surface area contributed by atoms with Gasteiger partial charge in [-0.05, 0) is 55.0 Å². The number of aryl methyl sites for hydroxylation is 1. The SMILES string of the molecule is Cc1ccc(C(=O)N2CC(C)CC(C)C2)cc1NC(=O)CCC(=O)N1CC(=O)Nc2ccccc21. The van der Waals surface area contributed by atoms with Gasteiger partial charge in [-0.1, -0.05) is 32.0 Å². The van der Waals surface area contributed by atoms with E-state index in [0.717, 1.165) is 25.1 Å². The summed E-state index contributed by atoms with van der Waals surface area (Å²) < 4.78 is 0. The molecule has 4 amide bonds. The highest BCUT2D eigenvalue weighted by molar-refractivity contribution is 6.10. The molecule has 0 aromatic heterocycles. The van der Waals surface area contributed by atoms with Crippen LogP contribution in [0.2, 0.25) is 0 Å². The lowest BCUT2D eigenvalue weighted by Gasteiger charge is -2.35. The summed E-state index contributed by atoms with van der Waals surface area (Å²) in [5.41, 5.74) is 3.15. The molecule has 1 fully saturated rings. The van der Waals surface area contributed by atoms with Gasteiger partial charge >= 0.3 is 0 Å². The number of nitrogens with one attached hydrogen (secondary N) is 2. The number of anilines is 3. The fourth-order valence-corrected chi connectivity index (χ4v) is 4.92. The van der Waals surface area contributed by atoms with Crippen LogP contribution in [0.3, 0.4) is 0 Å². The van der Waals surface area contributed by atoms with Gasteiger partial charge in [0.15, 0.2) is 0 Å². The van der Waals surface area contributed by atoms with Crippen molar-refractivity contribution in [1.29, 1.82) is 0 Å². The van der Waals surface area contributed by atoms with Crippen LogP contribution in [0, 0.1) is 18.8 Å². The maximum Gasteiger partial charge on any atom is 0.253 e. The Hall–Kier alpha value is -3.68. The molecule has 8 heteroatoms. The van der Waals surface area contributed by atoms with Crippen molar-refractivity contribution >= 4 is 40.7 Å². The van der Waals surface area contributed by atoms with Gasteiger partial charge in [-0.15, -0.1) is 0 Å². The number of fused-ring (bicyclic) bond motifs is 1. The van der Waals surface area contributed by atoms with E-state index in [1.807, 2.05) is 17.9 Å². The minimum absolute atomic E-state index is 0.0299. The highest BCUT2D eigenvalue weighted by Crippen LogP contribution is 2.29. The molecule has 2 unspecified atom stereocenters. The number of para-hydroxylation sites is 2. The summed E-state index contributed by atoms with van der Waals surface area (Å²) in [6.07, 6.45) is 1.05. The second-order valence-electron chi connectivity index (χ2n) is 9.78. The lowest BCUT2D eigenvalue weighted by atomic mass is 9.91. The van der Waals surface area contributed by atoms with Crippen LogP contribution in [-0.4, -0.2) is 48.2 Å². The third-order valence-electron chi connectivity index (χ3n) is 6.55. The summed E-state index contributed by atoms with van der Waals surface area (Å²) in [6, 6.07) is 12.4. The second-order valence-corrected chi connectivity index (χ2v) is 9.78. The fourth-order valence-electron chi connectivity index (χ4n) is 4.92.